The molecule has 0 saturated heterocycles. The summed E-state index contributed by atoms with van der Waals surface area (Å²) in [6.45, 7) is -0.789. The van der Waals surface area contributed by atoms with Crippen LogP contribution in [0.3, 0.4) is 0 Å². The quantitative estimate of drug-likeness (QED) is 0.0275. The van der Waals surface area contributed by atoms with Crippen LogP contribution >= 0.6 is 0 Å². The zero-order valence-electron chi connectivity index (χ0n) is 40.8. The molecule has 0 fully saturated rings. The van der Waals surface area contributed by atoms with Gasteiger partial charge < -0.3 is 85.9 Å². The molecule has 0 radical (unpaired) electrons. The van der Waals surface area contributed by atoms with Gasteiger partial charge in [-0.1, -0.05) is 76.8 Å². The van der Waals surface area contributed by atoms with Crippen LogP contribution in [0.2, 0.25) is 0 Å². The van der Waals surface area contributed by atoms with Crippen molar-refractivity contribution in [1.82, 2.24) is 42.5 Å². The van der Waals surface area contributed by atoms with E-state index in [0.29, 0.717) is 12.0 Å². The van der Waals surface area contributed by atoms with Crippen LogP contribution in [0.25, 0.3) is 0 Å². The molecular formula is C45H72N12O16. The molecule has 0 saturated carbocycles. The van der Waals surface area contributed by atoms with E-state index in [0.717, 1.165) is 38.5 Å². The lowest BCUT2D eigenvalue weighted by atomic mass is 10.0. The molecule has 1 aromatic carbocycles. The number of primary amides is 3. The lowest BCUT2D eigenvalue weighted by molar-refractivity contribution is -0.143. The van der Waals surface area contributed by atoms with E-state index in [1.165, 1.54) is 43.5 Å². The number of benzene rings is 1. The molecule has 7 atom stereocenters. The molecule has 0 spiro atoms. The fourth-order valence-electron chi connectivity index (χ4n) is 6.81. The summed E-state index contributed by atoms with van der Waals surface area (Å²) in [5, 5.41) is 56.1. The number of carbonyl (C=O) groups excluding carboxylic acids is 11. The van der Waals surface area contributed by atoms with Crippen LogP contribution in [0, 0.1) is 0 Å². The zero-order chi connectivity index (χ0) is 55.0. The highest BCUT2D eigenvalue weighted by atomic mass is 16.4. The second-order valence-corrected chi connectivity index (χ2v) is 17.1. The summed E-state index contributed by atoms with van der Waals surface area (Å²) < 4.78 is 0. The molecule has 20 N–H and O–H groups in total. The number of aliphatic carboxylic acids is 1. The number of amides is 11. The molecule has 0 aliphatic carbocycles. The molecule has 28 nitrogen and oxygen atoms in total. The van der Waals surface area contributed by atoms with E-state index in [1.807, 2.05) is 5.32 Å². The third kappa shape index (κ3) is 27.1. The summed E-state index contributed by atoms with van der Waals surface area (Å²) in [6, 6.07) is -6.83. The maximum Gasteiger partial charge on any atom is 0.328 e. The Kier molecular flexibility index (Phi) is 30.3. The molecule has 28 heteroatoms. The van der Waals surface area contributed by atoms with E-state index >= 15 is 0 Å². The molecule has 1 rings (SSSR count). The van der Waals surface area contributed by atoms with Gasteiger partial charge in [0, 0.05) is 13.0 Å². The van der Waals surface area contributed by atoms with Crippen molar-refractivity contribution < 1.29 is 78.0 Å². The van der Waals surface area contributed by atoms with E-state index in [4.69, 9.17) is 28.0 Å². The normalized spacial score (nSPS) is 13.7. The summed E-state index contributed by atoms with van der Waals surface area (Å²) in [5.74, 6) is -13.8. The van der Waals surface area contributed by atoms with Crippen LogP contribution in [0.4, 0.5) is 0 Å². The number of carboxylic acids is 1. The molecule has 0 aromatic heterocycles. The summed E-state index contributed by atoms with van der Waals surface area (Å²) in [4.78, 5) is 152. The zero-order valence-corrected chi connectivity index (χ0v) is 40.8. The van der Waals surface area contributed by atoms with Crippen LogP contribution < -0.4 is 65.5 Å². The highest BCUT2D eigenvalue weighted by Gasteiger charge is 2.33. The minimum absolute atomic E-state index is 0.174. The molecule has 11 amide bonds. The molecule has 0 heterocycles. The molecule has 0 aliphatic heterocycles. The highest BCUT2D eigenvalue weighted by Crippen LogP contribution is 2.13. The number of hydrogen-bond donors (Lipinski definition) is 16. The first-order valence-electron chi connectivity index (χ1n) is 23.7. The topological polar surface area (TPSA) is 486 Å². The smallest absolute Gasteiger partial charge is 0.328 e. The Hall–Kier alpha value is -7.46. The Morgan fingerprint density at radius 1 is 0.479 bits per heavy atom. The van der Waals surface area contributed by atoms with Crippen molar-refractivity contribution in [1.29, 1.82) is 0 Å². The first-order valence-corrected chi connectivity index (χ1v) is 23.7. The lowest BCUT2D eigenvalue weighted by Gasteiger charge is -2.25. The molecular weight excluding hydrogens is 965 g/mol. The van der Waals surface area contributed by atoms with Gasteiger partial charge in [0.1, 0.15) is 42.0 Å². The Balaban J connectivity index is 3.21. The SMILES string of the molecule is CCCCCCCCCCCCNC(=O)[C@H](CC(=O)N[C@H](CO)C(=O)N[C@H](Cc1ccc(O)cc1)C(=O)N[C@H](CC(N)=O)C(=O)NCC(=O)N[C@@H](CC(N)=O)C(=O)N[C@@H](CO)C(=O)O)NC(=O)[C@@H](N)CC(N)=O. The summed E-state index contributed by atoms with van der Waals surface area (Å²) >= 11 is 0. The first-order chi connectivity index (χ1) is 34.5. The minimum Gasteiger partial charge on any atom is -0.508 e. The fraction of sp³-hybridized carbons (Fsp3) is 0.600. The standard InChI is InChI=1S/C45H72N12O16/c1-2-3-4-5-6-7-8-9-10-11-16-50-40(67)31(54-39(66)27(46)18-34(47)61)21-37(64)53-32(23-58)44(71)55-28(17-25-12-14-26(60)15-13-25)42(69)56-29(19-35(48)62)41(68)51-22-38(65)52-30(20-36(49)63)43(70)57-33(24-59)45(72)73/h12-15,27-33,58-60H,2-11,16-24,46H2,1H3,(H2,47,61)(H2,48,62)(H2,49,63)(H,50,67)(H,51,68)(H,52,65)(H,53,64)(H,54,66)(H,55,71)(H,56,69)(H,57,70)(H,72,73)/t27-,28+,29+,30-,31-,32+,33-/m0/s1. The van der Waals surface area contributed by atoms with Crippen molar-refractivity contribution >= 4 is 70.9 Å². The van der Waals surface area contributed by atoms with Gasteiger partial charge in [-0.3, -0.25) is 52.7 Å². The number of hydrogen-bond acceptors (Lipinski definition) is 16. The average Bonchev–Trinajstić information content (AvgIpc) is 3.32. The van der Waals surface area contributed by atoms with Crippen LogP contribution in [-0.4, -0.2) is 160 Å². The lowest BCUT2D eigenvalue weighted by Crippen LogP contribution is -2.59. The van der Waals surface area contributed by atoms with Gasteiger partial charge in [-0.05, 0) is 24.1 Å². The second kappa shape index (κ2) is 34.8. The number of nitrogens with one attached hydrogen (secondary N) is 8. The van der Waals surface area contributed by atoms with Gasteiger partial charge in [0.05, 0.1) is 51.5 Å². The maximum atomic E-state index is 13.9. The predicted octanol–water partition coefficient (Wildman–Crippen LogP) is -5.59. The molecule has 0 bridgehead atoms. The summed E-state index contributed by atoms with van der Waals surface area (Å²) in [7, 11) is 0. The van der Waals surface area contributed by atoms with Gasteiger partial charge in [0.15, 0.2) is 0 Å². The van der Waals surface area contributed by atoms with Crippen molar-refractivity contribution in [2.45, 2.75) is 146 Å². The van der Waals surface area contributed by atoms with Crippen molar-refractivity contribution in [3.63, 3.8) is 0 Å². The van der Waals surface area contributed by atoms with E-state index in [-0.39, 0.29) is 12.3 Å². The number of carboxylic acid groups (broad SMARTS) is 1. The number of aliphatic hydroxyl groups excluding tert-OH is 2. The van der Waals surface area contributed by atoms with Crippen LogP contribution in [0.1, 0.15) is 102 Å². The number of rotatable bonds is 38. The maximum absolute atomic E-state index is 13.9. The number of aliphatic hydroxyl groups is 2. The van der Waals surface area contributed by atoms with Gasteiger partial charge in [-0.2, -0.15) is 0 Å². The summed E-state index contributed by atoms with van der Waals surface area (Å²) in [6.07, 6.45) is 6.79. The molecule has 0 aliphatic rings. The van der Waals surface area contributed by atoms with E-state index in [2.05, 4.69) is 44.1 Å². The average molecular weight is 1040 g/mol. The predicted molar refractivity (Wildman–Crippen MR) is 257 cm³/mol. The third-order valence-electron chi connectivity index (χ3n) is 10.8. The molecule has 73 heavy (non-hydrogen) atoms. The Labute approximate surface area is 421 Å². The van der Waals surface area contributed by atoms with E-state index in [1.54, 1.807) is 0 Å². The molecule has 408 valence electrons. The number of aromatic hydroxyl groups is 1. The van der Waals surface area contributed by atoms with Crippen molar-refractivity contribution in [2.24, 2.45) is 22.9 Å². The van der Waals surface area contributed by atoms with Gasteiger partial charge in [0.2, 0.25) is 65.0 Å². The van der Waals surface area contributed by atoms with E-state index in [9.17, 15) is 72.9 Å². The number of carbonyl (C=O) groups is 12. The first kappa shape index (κ1) is 63.6. The molecule has 1 aromatic rings. The third-order valence-corrected chi connectivity index (χ3v) is 10.8. The van der Waals surface area contributed by atoms with Crippen molar-refractivity contribution in [3.05, 3.63) is 29.8 Å². The van der Waals surface area contributed by atoms with Crippen LogP contribution in [0.15, 0.2) is 24.3 Å². The van der Waals surface area contributed by atoms with Gasteiger partial charge in [-0.15, -0.1) is 0 Å². The Morgan fingerprint density at radius 3 is 1.42 bits per heavy atom. The second-order valence-electron chi connectivity index (χ2n) is 17.1. The number of phenolic OH excluding ortho intramolecular Hbond substituents is 1. The summed E-state index contributed by atoms with van der Waals surface area (Å²) in [5.41, 5.74) is 21.7. The minimum atomic E-state index is -1.85. The van der Waals surface area contributed by atoms with Gasteiger partial charge in [0.25, 0.3) is 0 Å². The highest BCUT2D eigenvalue weighted by molar-refractivity contribution is 5.99. The number of nitrogens with two attached hydrogens (primary N) is 4. The van der Waals surface area contributed by atoms with Gasteiger partial charge >= 0.3 is 5.97 Å². The fourth-order valence-corrected chi connectivity index (χ4v) is 6.81. The van der Waals surface area contributed by atoms with E-state index < -0.39 is 165 Å². The van der Waals surface area contributed by atoms with Crippen molar-refractivity contribution in [3.8, 4) is 5.75 Å². The van der Waals surface area contributed by atoms with Crippen LogP contribution in [-0.2, 0) is 64.0 Å². The van der Waals surface area contributed by atoms with Crippen molar-refractivity contribution in [2.75, 3.05) is 26.3 Å². The number of phenols is 1. The Morgan fingerprint density at radius 2 is 0.904 bits per heavy atom. The number of unbranched alkanes of at least 4 members (excludes halogenated alkanes) is 9. The van der Waals surface area contributed by atoms with Gasteiger partial charge in [-0.25, -0.2) is 4.79 Å². The molecule has 0 unspecified atom stereocenters. The van der Waals surface area contributed by atoms with Crippen LogP contribution in [0.5, 0.6) is 5.75 Å². The largest absolute Gasteiger partial charge is 0.508 e. The monoisotopic (exact) mass is 1040 g/mol. The Bertz CT molecular complexity index is 2040.